The van der Waals surface area contributed by atoms with Crippen LogP contribution in [-0.4, -0.2) is 39.3 Å². The van der Waals surface area contributed by atoms with Crippen LogP contribution in [-0.2, 0) is 0 Å². The lowest BCUT2D eigenvalue weighted by molar-refractivity contribution is 0.0513. The van der Waals surface area contributed by atoms with E-state index in [0.717, 1.165) is 0 Å². The fourth-order valence-electron chi connectivity index (χ4n) is 1.72. The minimum atomic E-state index is -0.833. The zero-order valence-corrected chi connectivity index (χ0v) is 11.8. The number of halogens is 1. The van der Waals surface area contributed by atoms with E-state index in [9.17, 15) is 5.11 Å². The molecule has 0 saturated carbocycles. The van der Waals surface area contributed by atoms with Crippen LogP contribution in [0.5, 0.6) is 6.01 Å². The Morgan fingerprint density at radius 2 is 2.06 bits per heavy atom. The Kier molecular flexibility index (Phi) is 5.10. The predicted molar refractivity (Wildman–Crippen MR) is 70.0 cm³/mol. The number of anilines is 1. The van der Waals surface area contributed by atoms with Gasteiger partial charge in [0.25, 0.3) is 0 Å². The average Bonchev–Trinajstić information content (AvgIpc) is 2.24. The highest BCUT2D eigenvalue weighted by Gasteiger charge is 2.22. The van der Waals surface area contributed by atoms with Crippen molar-refractivity contribution in [2.24, 2.45) is 5.92 Å². The van der Waals surface area contributed by atoms with Crippen LogP contribution in [0, 0.1) is 5.92 Å². The van der Waals surface area contributed by atoms with Crippen LogP contribution in [0.1, 0.15) is 27.2 Å². The molecule has 0 aliphatic rings. The molecule has 0 bridgehead atoms. The monoisotopic (exact) mass is 274 g/mol. The van der Waals surface area contributed by atoms with Crippen molar-refractivity contribution >= 4 is 17.5 Å². The van der Waals surface area contributed by atoms with Crippen molar-refractivity contribution < 1.29 is 9.84 Å². The van der Waals surface area contributed by atoms with E-state index in [1.54, 1.807) is 6.92 Å². The Hall–Kier alpha value is -1.14. The lowest BCUT2D eigenvalue weighted by Gasteiger charge is -2.25. The Morgan fingerprint density at radius 1 is 1.39 bits per heavy atom. The summed E-state index contributed by atoms with van der Waals surface area (Å²) in [5.74, 6) is 0.689. The number of aromatic nitrogens is 3. The first-order valence-electron chi connectivity index (χ1n) is 5.74. The third-order valence-corrected chi connectivity index (χ3v) is 2.41. The van der Waals surface area contributed by atoms with Gasteiger partial charge in [-0.15, -0.1) is 0 Å². The molecular weight excluding hydrogens is 256 g/mol. The molecule has 0 spiro atoms. The summed E-state index contributed by atoms with van der Waals surface area (Å²) in [5.41, 5.74) is -0.833. The molecule has 1 heterocycles. The van der Waals surface area contributed by atoms with Crippen molar-refractivity contribution in [1.29, 1.82) is 0 Å². The maximum atomic E-state index is 10.1. The standard InChI is InChI=1S/C11H19ClN4O2/c1-7(2)5-11(3,17)6-13-9-14-8(12)15-10(16-9)18-4/h7,17H,5-6H2,1-4H3,(H,13,14,15,16). The minimum absolute atomic E-state index is 0.0489. The van der Waals surface area contributed by atoms with Gasteiger partial charge in [0.05, 0.1) is 12.7 Å². The molecule has 1 unspecified atom stereocenters. The van der Waals surface area contributed by atoms with Gasteiger partial charge in [-0.1, -0.05) is 13.8 Å². The summed E-state index contributed by atoms with van der Waals surface area (Å²) < 4.78 is 4.88. The average molecular weight is 275 g/mol. The molecule has 1 atom stereocenters. The second-order valence-corrected chi connectivity index (χ2v) is 5.20. The van der Waals surface area contributed by atoms with E-state index in [4.69, 9.17) is 16.3 Å². The number of nitrogens with one attached hydrogen (secondary N) is 1. The quantitative estimate of drug-likeness (QED) is 0.823. The molecule has 1 aromatic rings. The van der Waals surface area contributed by atoms with Gasteiger partial charge in [0.15, 0.2) is 0 Å². The van der Waals surface area contributed by atoms with Crippen LogP contribution in [0.3, 0.4) is 0 Å². The van der Waals surface area contributed by atoms with E-state index in [2.05, 4.69) is 34.1 Å². The van der Waals surface area contributed by atoms with Gasteiger partial charge in [-0.05, 0) is 30.9 Å². The SMILES string of the molecule is COc1nc(Cl)nc(NCC(C)(O)CC(C)C)n1. The van der Waals surface area contributed by atoms with Crippen molar-refractivity contribution in [3.05, 3.63) is 5.28 Å². The third kappa shape index (κ3) is 5.01. The van der Waals surface area contributed by atoms with Crippen molar-refractivity contribution in [1.82, 2.24) is 15.0 Å². The maximum Gasteiger partial charge on any atom is 0.322 e. The Labute approximate surface area is 112 Å². The first-order chi connectivity index (χ1) is 8.32. The van der Waals surface area contributed by atoms with Crippen molar-refractivity contribution in [2.45, 2.75) is 32.8 Å². The van der Waals surface area contributed by atoms with Crippen LogP contribution < -0.4 is 10.1 Å². The van der Waals surface area contributed by atoms with Gasteiger partial charge in [-0.3, -0.25) is 0 Å². The van der Waals surface area contributed by atoms with Gasteiger partial charge in [-0.2, -0.15) is 15.0 Å². The van der Waals surface area contributed by atoms with E-state index in [0.29, 0.717) is 18.9 Å². The number of nitrogens with zero attached hydrogens (tertiary/aromatic N) is 3. The van der Waals surface area contributed by atoms with Crippen molar-refractivity contribution in [2.75, 3.05) is 19.0 Å². The molecule has 0 aliphatic heterocycles. The topological polar surface area (TPSA) is 80.2 Å². The van der Waals surface area contributed by atoms with Gasteiger partial charge in [0.2, 0.25) is 11.2 Å². The van der Waals surface area contributed by atoms with Gasteiger partial charge in [0.1, 0.15) is 0 Å². The summed E-state index contributed by atoms with van der Waals surface area (Å²) in [4.78, 5) is 11.7. The second kappa shape index (κ2) is 6.15. The summed E-state index contributed by atoms with van der Waals surface area (Å²) in [6.45, 7) is 6.20. The van der Waals surface area contributed by atoms with E-state index in [-0.39, 0.29) is 17.2 Å². The van der Waals surface area contributed by atoms with E-state index >= 15 is 0 Å². The lowest BCUT2D eigenvalue weighted by atomic mass is 9.94. The Bertz CT molecular complexity index is 399. The molecule has 6 nitrogen and oxygen atoms in total. The molecule has 1 aromatic heterocycles. The minimum Gasteiger partial charge on any atom is -0.467 e. The van der Waals surface area contributed by atoms with Crippen molar-refractivity contribution in [3.8, 4) is 6.01 Å². The summed E-state index contributed by atoms with van der Waals surface area (Å²) in [6, 6.07) is 0.140. The fourth-order valence-corrected chi connectivity index (χ4v) is 1.88. The zero-order chi connectivity index (χ0) is 13.8. The smallest absolute Gasteiger partial charge is 0.322 e. The largest absolute Gasteiger partial charge is 0.467 e. The van der Waals surface area contributed by atoms with Gasteiger partial charge >= 0.3 is 6.01 Å². The summed E-state index contributed by atoms with van der Waals surface area (Å²) in [6.07, 6.45) is 0.677. The molecular formula is C11H19ClN4O2. The van der Waals surface area contributed by atoms with Crippen LogP contribution in [0.4, 0.5) is 5.95 Å². The lowest BCUT2D eigenvalue weighted by Crippen LogP contribution is -2.35. The fraction of sp³-hybridized carbons (Fsp3) is 0.727. The van der Waals surface area contributed by atoms with E-state index < -0.39 is 5.60 Å². The molecule has 0 saturated heterocycles. The molecule has 1 rings (SSSR count). The highest BCUT2D eigenvalue weighted by Crippen LogP contribution is 2.17. The third-order valence-electron chi connectivity index (χ3n) is 2.25. The van der Waals surface area contributed by atoms with E-state index in [1.165, 1.54) is 7.11 Å². The van der Waals surface area contributed by atoms with Crippen LogP contribution in [0.15, 0.2) is 0 Å². The molecule has 0 fully saturated rings. The maximum absolute atomic E-state index is 10.1. The summed E-state index contributed by atoms with van der Waals surface area (Å²) in [5, 5.41) is 13.1. The zero-order valence-electron chi connectivity index (χ0n) is 11.1. The number of methoxy groups -OCH3 is 1. The number of ether oxygens (including phenoxy) is 1. The van der Waals surface area contributed by atoms with Gasteiger partial charge in [0, 0.05) is 6.54 Å². The van der Waals surface area contributed by atoms with Crippen LogP contribution in [0.25, 0.3) is 0 Å². The highest BCUT2D eigenvalue weighted by molar-refractivity contribution is 6.28. The number of hydrogen-bond donors (Lipinski definition) is 2. The molecule has 0 aromatic carbocycles. The number of rotatable bonds is 6. The molecule has 102 valence electrons. The molecule has 0 radical (unpaired) electrons. The molecule has 0 aliphatic carbocycles. The van der Waals surface area contributed by atoms with Crippen LogP contribution >= 0.6 is 11.6 Å². The Balaban J connectivity index is 2.65. The normalized spacial score (nSPS) is 14.4. The first-order valence-corrected chi connectivity index (χ1v) is 6.12. The van der Waals surface area contributed by atoms with Crippen molar-refractivity contribution in [3.63, 3.8) is 0 Å². The molecule has 0 amide bonds. The van der Waals surface area contributed by atoms with Gasteiger partial charge in [-0.25, -0.2) is 0 Å². The van der Waals surface area contributed by atoms with E-state index in [1.807, 2.05) is 0 Å². The Morgan fingerprint density at radius 3 is 2.61 bits per heavy atom. The molecule has 7 heteroatoms. The molecule has 18 heavy (non-hydrogen) atoms. The number of hydrogen-bond acceptors (Lipinski definition) is 6. The number of aliphatic hydroxyl groups is 1. The van der Waals surface area contributed by atoms with Crippen LogP contribution in [0.2, 0.25) is 5.28 Å². The summed E-state index contributed by atoms with van der Waals surface area (Å²) >= 11 is 5.72. The molecule has 2 N–H and O–H groups in total. The predicted octanol–water partition coefficient (Wildman–Crippen LogP) is 1.74. The highest BCUT2D eigenvalue weighted by atomic mass is 35.5. The second-order valence-electron chi connectivity index (χ2n) is 4.86. The first kappa shape index (κ1) is 14.9. The summed E-state index contributed by atoms with van der Waals surface area (Å²) in [7, 11) is 1.45. The van der Waals surface area contributed by atoms with Gasteiger partial charge < -0.3 is 15.2 Å².